The van der Waals surface area contributed by atoms with Gasteiger partial charge in [-0.3, -0.25) is 0 Å². The zero-order chi connectivity index (χ0) is 13.3. The molecule has 0 amide bonds. The summed E-state index contributed by atoms with van der Waals surface area (Å²) in [4.78, 5) is 0. The second kappa shape index (κ2) is 8.92. The van der Waals surface area contributed by atoms with Crippen molar-refractivity contribution in [1.29, 1.82) is 0 Å². The molecule has 0 unspecified atom stereocenters. The lowest BCUT2D eigenvalue weighted by atomic mass is 10.1. The minimum atomic E-state index is 0.286. The van der Waals surface area contributed by atoms with Gasteiger partial charge in [-0.2, -0.15) is 0 Å². The molecule has 18 heavy (non-hydrogen) atoms. The molecule has 0 saturated heterocycles. The lowest BCUT2D eigenvalue weighted by Crippen LogP contribution is -2.36. The van der Waals surface area contributed by atoms with Crippen LogP contribution in [-0.4, -0.2) is 24.7 Å². The van der Waals surface area contributed by atoms with Crippen LogP contribution in [0.4, 0.5) is 0 Å². The highest BCUT2D eigenvalue weighted by molar-refractivity contribution is 4.80. The summed E-state index contributed by atoms with van der Waals surface area (Å²) in [6.45, 7) is 9.14. The number of rotatable bonds is 11. The molecule has 0 heterocycles. The van der Waals surface area contributed by atoms with Crippen LogP contribution in [0, 0.1) is 0 Å². The molecule has 108 valence electrons. The average molecular weight is 254 g/mol. The van der Waals surface area contributed by atoms with Crippen molar-refractivity contribution in [3.8, 4) is 0 Å². The minimum absolute atomic E-state index is 0.286. The first kappa shape index (κ1) is 16.0. The first-order chi connectivity index (χ1) is 8.58. The largest absolute Gasteiger partial charge is 0.314 e. The molecule has 2 N–H and O–H groups in total. The Hall–Kier alpha value is -0.0800. The Morgan fingerprint density at radius 1 is 0.778 bits per heavy atom. The molecular weight excluding hydrogens is 220 g/mol. The van der Waals surface area contributed by atoms with Gasteiger partial charge in [0.1, 0.15) is 0 Å². The number of hydrogen-bond acceptors (Lipinski definition) is 2. The van der Waals surface area contributed by atoms with Crippen molar-refractivity contribution in [3.63, 3.8) is 0 Å². The highest BCUT2D eigenvalue weighted by Crippen LogP contribution is 2.18. The molecule has 1 aliphatic carbocycles. The third kappa shape index (κ3) is 11.0. The van der Waals surface area contributed by atoms with Gasteiger partial charge in [0.05, 0.1) is 0 Å². The summed E-state index contributed by atoms with van der Waals surface area (Å²) in [5, 5.41) is 7.13. The second-order valence-electron chi connectivity index (χ2n) is 6.88. The van der Waals surface area contributed by atoms with Crippen molar-refractivity contribution in [3.05, 3.63) is 0 Å². The van der Waals surface area contributed by atoms with E-state index in [1.165, 1.54) is 70.9 Å². The summed E-state index contributed by atoms with van der Waals surface area (Å²) >= 11 is 0. The van der Waals surface area contributed by atoms with E-state index in [1.54, 1.807) is 0 Å². The van der Waals surface area contributed by atoms with Gasteiger partial charge in [-0.05, 0) is 59.5 Å². The van der Waals surface area contributed by atoms with E-state index in [4.69, 9.17) is 0 Å². The van der Waals surface area contributed by atoms with Gasteiger partial charge in [0, 0.05) is 11.6 Å². The average Bonchev–Trinajstić information content (AvgIpc) is 3.08. The highest BCUT2D eigenvalue weighted by Gasteiger charge is 2.19. The van der Waals surface area contributed by atoms with E-state index in [-0.39, 0.29) is 5.54 Å². The minimum Gasteiger partial charge on any atom is -0.314 e. The smallest absolute Gasteiger partial charge is 0.00965 e. The molecule has 0 aromatic heterocycles. The normalized spacial score (nSPS) is 16.2. The molecule has 1 fully saturated rings. The Morgan fingerprint density at radius 3 is 1.78 bits per heavy atom. The van der Waals surface area contributed by atoms with Crippen LogP contribution in [-0.2, 0) is 0 Å². The molecular formula is C16H34N2. The fourth-order valence-electron chi connectivity index (χ4n) is 2.19. The molecule has 0 aromatic carbocycles. The van der Waals surface area contributed by atoms with Crippen LogP contribution in [0.1, 0.15) is 78.6 Å². The van der Waals surface area contributed by atoms with Gasteiger partial charge in [-0.25, -0.2) is 0 Å². The topological polar surface area (TPSA) is 24.1 Å². The first-order valence-corrected chi connectivity index (χ1v) is 8.06. The fraction of sp³-hybridized carbons (Fsp3) is 1.00. The number of unbranched alkanes of at least 4 members (excludes halogenated alkanes) is 6. The Kier molecular flexibility index (Phi) is 7.92. The SMILES string of the molecule is CC(C)(C)NCCCCCCCCCNC1CC1. The molecule has 2 nitrogen and oxygen atoms in total. The standard InChI is InChI=1S/C16H34N2/c1-16(2,3)18-14-10-8-6-4-5-7-9-13-17-15-11-12-15/h15,17-18H,4-14H2,1-3H3. The molecule has 1 saturated carbocycles. The zero-order valence-electron chi connectivity index (χ0n) is 12.9. The van der Waals surface area contributed by atoms with Crippen LogP contribution < -0.4 is 10.6 Å². The Labute approximate surface area is 114 Å². The number of hydrogen-bond donors (Lipinski definition) is 2. The molecule has 0 atom stereocenters. The van der Waals surface area contributed by atoms with Crippen LogP contribution in [0.2, 0.25) is 0 Å². The van der Waals surface area contributed by atoms with Crippen molar-refractivity contribution in [1.82, 2.24) is 10.6 Å². The van der Waals surface area contributed by atoms with Gasteiger partial charge in [0.2, 0.25) is 0 Å². The molecule has 1 rings (SSSR count). The van der Waals surface area contributed by atoms with Gasteiger partial charge >= 0.3 is 0 Å². The van der Waals surface area contributed by atoms with Gasteiger partial charge in [-0.15, -0.1) is 0 Å². The molecule has 0 bridgehead atoms. The van der Waals surface area contributed by atoms with E-state index in [2.05, 4.69) is 31.4 Å². The molecule has 0 spiro atoms. The summed E-state index contributed by atoms with van der Waals surface area (Å²) in [6.07, 6.45) is 12.6. The molecule has 0 aliphatic heterocycles. The summed E-state index contributed by atoms with van der Waals surface area (Å²) in [6, 6.07) is 0.889. The van der Waals surface area contributed by atoms with E-state index >= 15 is 0 Å². The van der Waals surface area contributed by atoms with Gasteiger partial charge < -0.3 is 10.6 Å². The van der Waals surface area contributed by atoms with Gasteiger partial charge in [0.25, 0.3) is 0 Å². The van der Waals surface area contributed by atoms with E-state index in [1.807, 2.05) is 0 Å². The summed E-state index contributed by atoms with van der Waals surface area (Å²) in [7, 11) is 0. The third-order valence-corrected chi connectivity index (χ3v) is 3.52. The van der Waals surface area contributed by atoms with Crippen molar-refractivity contribution in [2.24, 2.45) is 0 Å². The molecule has 0 aromatic rings. The van der Waals surface area contributed by atoms with Crippen molar-refractivity contribution < 1.29 is 0 Å². The lowest BCUT2D eigenvalue weighted by molar-refractivity contribution is 0.415. The van der Waals surface area contributed by atoms with Crippen LogP contribution in [0.15, 0.2) is 0 Å². The Bertz CT molecular complexity index is 192. The number of nitrogens with one attached hydrogen (secondary N) is 2. The maximum atomic E-state index is 3.58. The van der Waals surface area contributed by atoms with E-state index < -0.39 is 0 Å². The van der Waals surface area contributed by atoms with Crippen molar-refractivity contribution in [2.45, 2.75) is 90.1 Å². The molecule has 0 radical (unpaired) electrons. The predicted octanol–water partition coefficient (Wildman–Crippen LogP) is 3.86. The van der Waals surface area contributed by atoms with Crippen LogP contribution in [0.3, 0.4) is 0 Å². The second-order valence-corrected chi connectivity index (χ2v) is 6.88. The highest BCUT2D eigenvalue weighted by atomic mass is 14.9. The van der Waals surface area contributed by atoms with Crippen molar-refractivity contribution in [2.75, 3.05) is 13.1 Å². The van der Waals surface area contributed by atoms with E-state index in [0.717, 1.165) is 6.04 Å². The zero-order valence-corrected chi connectivity index (χ0v) is 12.9. The van der Waals surface area contributed by atoms with E-state index in [0.29, 0.717) is 0 Å². The third-order valence-electron chi connectivity index (χ3n) is 3.52. The monoisotopic (exact) mass is 254 g/mol. The Morgan fingerprint density at radius 2 is 1.28 bits per heavy atom. The lowest BCUT2D eigenvalue weighted by Gasteiger charge is -2.20. The maximum Gasteiger partial charge on any atom is 0.00965 e. The molecule has 2 heteroatoms. The van der Waals surface area contributed by atoms with Gasteiger partial charge in [0.15, 0.2) is 0 Å². The fourth-order valence-corrected chi connectivity index (χ4v) is 2.19. The summed E-state index contributed by atoms with van der Waals surface area (Å²) in [5.74, 6) is 0. The van der Waals surface area contributed by atoms with E-state index in [9.17, 15) is 0 Å². The quantitative estimate of drug-likeness (QED) is 0.547. The summed E-state index contributed by atoms with van der Waals surface area (Å²) in [5.41, 5.74) is 0.286. The molecule has 1 aliphatic rings. The van der Waals surface area contributed by atoms with Crippen LogP contribution in [0.5, 0.6) is 0 Å². The van der Waals surface area contributed by atoms with Gasteiger partial charge in [-0.1, -0.05) is 32.1 Å². The van der Waals surface area contributed by atoms with Crippen LogP contribution >= 0.6 is 0 Å². The van der Waals surface area contributed by atoms with Crippen LogP contribution in [0.25, 0.3) is 0 Å². The Balaban J connectivity index is 1.67. The summed E-state index contributed by atoms with van der Waals surface area (Å²) < 4.78 is 0. The first-order valence-electron chi connectivity index (χ1n) is 8.06. The predicted molar refractivity (Wildman–Crippen MR) is 81.1 cm³/mol. The van der Waals surface area contributed by atoms with Crippen molar-refractivity contribution >= 4 is 0 Å². The maximum absolute atomic E-state index is 3.58.